The van der Waals surface area contributed by atoms with Crippen LogP contribution in [0, 0.1) is 0 Å². The molecular formula is C34H38N4O5S. The van der Waals surface area contributed by atoms with Crippen LogP contribution in [0.3, 0.4) is 0 Å². The third-order valence-electron chi connectivity index (χ3n) is 6.84. The van der Waals surface area contributed by atoms with Gasteiger partial charge >= 0.3 is 12.2 Å². The molecule has 5 rings (SSSR count). The lowest BCUT2D eigenvalue weighted by molar-refractivity contribution is 0.0182. The maximum atomic E-state index is 14.0. The van der Waals surface area contributed by atoms with E-state index in [1.807, 2.05) is 48.5 Å². The van der Waals surface area contributed by atoms with E-state index in [0.29, 0.717) is 21.7 Å². The molecule has 9 nitrogen and oxygen atoms in total. The lowest BCUT2D eigenvalue weighted by Gasteiger charge is -2.31. The van der Waals surface area contributed by atoms with Crippen LogP contribution in [0.4, 0.5) is 21.1 Å². The third-order valence-corrected chi connectivity index (χ3v) is 7.96. The largest absolute Gasteiger partial charge is 0.443 e. The van der Waals surface area contributed by atoms with Gasteiger partial charge in [0.05, 0.1) is 29.0 Å². The molecule has 0 fully saturated rings. The Labute approximate surface area is 261 Å². The van der Waals surface area contributed by atoms with Gasteiger partial charge in [-0.25, -0.2) is 19.5 Å². The van der Waals surface area contributed by atoms with Crippen molar-refractivity contribution in [2.24, 2.45) is 0 Å². The van der Waals surface area contributed by atoms with Gasteiger partial charge in [0.2, 0.25) is 0 Å². The normalized spacial score (nSPS) is 15.6. The fourth-order valence-electron chi connectivity index (χ4n) is 5.04. The van der Waals surface area contributed by atoms with E-state index >= 15 is 0 Å². The Hall–Kier alpha value is -4.44. The van der Waals surface area contributed by atoms with E-state index in [1.165, 1.54) is 16.2 Å². The van der Waals surface area contributed by atoms with Crippen molar-refractivity contribution in [3.8, 4) is 0 Å². The lowest BCUT2D eigenvalue weighted by atomic mass is 9.99. The van der Waals surface area contributed by atoms with Crippen LogP contribution >= 0.6 is 11.3 Å². The van der Waals surface area contributed by atoms with E-state index in [0.717, 1.165) is 16.0 Å². The van der Waals surface area contributed by atoms with Gasteiger partial charge in [0, 0.05) is 0 Å². The number of ether oxygens (including phenoxy) is 2. The van der Waals surface area contributed by atoms with Gasteiger partial charge in [-0.05, 0) is 71.7 Å². The summed E-state index contributed by atoms with van der Waals surface area (Å²) in [5.41, 5.74) is 1.29. The number of imide groups is 1. The topological polar surface area (TPSA) is 101 Å². The molecule has 3 heterocycles. The van der Waals surface area contributed by atoms with Gasteiger partial charge in [0.25, 0.3) is 5.91 Å². The second-order valence-corrected chi connectivity index (χ2v) is 13.9. The quantitative estimate of drug-likeness (QED) is 0.248. The molecule has 1 aliphatic heterocycles. The summed E-state index contributed by atoms with van der Waals surface area (Å²) in [7, 11) is 0. The Balaban J connectivity index is 1.62. The number of rotatable bonds is 4. The number of fused-ring (bicyclic) bond motifs is 3. The summed E-state index contributed by atoms with van der Waals surface area (Å²) in [6, 6.07) is 22.9. The van der Waals surface area contributed by atoms with Crippen LogP contribution in [0.25, 0.3) is 10.2 Å². The van der Waals surface area contributed by atoms with Gasteiger partial charge in [0.1, 0.15) is 27.4 Å². The highest BCUT2D eigenvalue weighted by Crippen LogP contribution is 2.42. The number of nitrogens with zero attached hydrogens (tertiary/aromatic N) is 3. The number of carbonyl (C=O) groups excluding carboxylic acids is 3. The number of nitrogens with one attached hydrogen (secondary N) is 1. The molecule has 1 aliphatic rings. The summed E-state index contributed by atoms with van der Waals surface area (Å²) < 4.78 is 12.1. The first kappa shape index (κ1) is 31.0. The van der Waals surface area contributed by atoms with Crippen LogP contribution in [0.5, 0.6) is 0 Å². The van der Waals surface area contributed by atoms with Crippen molar-refractivity contribution in [1.29, 1.82) is 0 Å². The molecule has 0 unspecified atom stereocenters. The number of anilines is 2. The highest BCUT2D eigenvalue weighted by atomic mass is 32.1. The summed E-state index contributed by atoms with van der Waals surface area (Å²) in [4.78, 5) is 48.7. The van der Waals surface area contributed by atoms with Gasteiger partial charge in [-0.3, -0.25) is 9.69 Å². The van der Waals surface area contributed by atoms with Crippen molar-refractivity contribution in [1.82, 2.24) is 9.88 Å². The van der Waals surface area contributed by atoms with E-state index < -0.39 is 35.3 Å². The minimum Gasteiger partial charge on any atom is -0.443 e. The maximum Gasteiger partial charge on any atom is 0.417 e. The number of benzene rings is 2. The molecule has 2 aromatic carbocycles. The van der Waals surface area contributed by atoms with Gasteiger partial charge in [-0.2, -0.15) is 0 Å². The van der Waals surface area contributed by atoms with Gasteiger partial charge < -0.3 is 14.8 Å². The zero-order valence-corrected chi connectivity index (χ0v) is 26.9. The highest BCUT2D eigenvalue weighted by molar-refractivity contribution is 7.21. The molecule has 44 heavy (non-hydrogen) atoms. The van der Waals surface area contributed by atoms with Gasteiger partial charge in [0.15, 0.2) is 0 Å². The first-order chi connectivity index (χ1) is 20.7. The highest BCUT2D eigenvalue weighted by Gasteiger charge is 2.42. The standard InChI is InChI=1S/C34H38N4O5S/c1-21-20-37(31(40)42-33(2,3)4)28-27-24(44-29(28)30(39)38(21)32(41)43-34(5,6)7)18-19-25(36-27)35-26(22-14-10-8-11-15-22)23-16-12-9-13-17-23/h8-19,21,26H,20H2,1-7H3,(H,35,36)/t21-/m1/s1. The van der Waals surface area contributed by atoms with Crippen molar-refractivity contribution >= 4 is 51.2 Å². The van der Waals surface area contributed by atoms with Crippen molar-refractivity contribution in [2.75, 3.05) is 16.8 Å². The van der Waals surface area contributed by atoms with Crippen LogP contribution in [0.1, 0.15) is 75.3 Å². The molecule has 1 N–H and O–H groups in total. The number of aromatic nitrogens is 1. The molecule has 2 aromatic heterocycles. The molecule has 3 amide bonds. The van der Waals surface area contributed by atoms with Gasteiger partial charge in [-0.1, -0.05) is 60.7 Å². The predicted molar refractivity (Wildman–Crippen MR) is 173 cm³/mol. The molecule has 1 atom stereocenters. The molecule has 0 aliphatic carbocycles. The first-order valence-corrected chi connectivity index (χ1v) is 15.4. The van der Waals surface area contributed by atoms with E-state index in [2.05, 4.69) is 29.6 Å². The number of pyridine rings is 1. The summed E-state index contributed by atoms with van der Waals surface area (Å²) >= 11 is 1.18. The zero-order valence-electron chi connectivity index (χ0n) is 26.1. The number of thiophene rings is 1. The number of amides is 3. The third kappa shape index (κ3) is 6.70. The Morgan fingerprint density at radius 3 is 1.95 bits per heavy atom. The van der Waals surface area contributed by atoms with Crippen LogP contribution in [-0.2, 0) is 9.47 Å². The molecule has 0 saturated carbocycles. The Bertz CT molecular complexity index is 1640. The average molecular weight is 615 g/mol. The van der Waals surface area contributed by atoms with Crippen molar-refractivity contribution in [3.05, 3.63) is 88.8 Å². The second kappa shape index (κ2) is 11.9. The smallest absolute Gasteiger partial charge is 0.417 e. The van der Waals surface area contributed by atoms with E-state index in [9.17, 15) is 14.4 Å². The Morgan fingerprint density at radius 1 is 0.864 bits per heavy atom. The second-order valence-electron chi connectivity index (χ2n) is 12.8. The fraction of sp³-hybridized carbons (Fsp3) is 0.353. The first-order valence-electron chi connectivity index (χ1n) is 14.6. The predicted octanol–water partition coefficient (Wildman–Crippen LogP) is 8.02. The number of carbonyl (C=O) groups is 3. The SMILES string of the molecule is C[C@@H]1CN(C(=O)OC(C)(C)C)c2c(sc3ccc(NC(c4ccccc4)c4ccccc4)nc23)C(=O)N1C(=O)OC(C)(C)C. The van der Waals surface area contributed by atoms with Crippen LogP contribution < -0.4 is 10.2 Å². The van der Waals surface area contributed by atoms with Crippen LogP contribution in [0.2, 0.25) is 0 Å². The molecule has 0 saturated heterocycles. The van der Waals surface area contributed by atoms with Crippen molar-refractivity contribution in [2.45, 2.75) is 71.8 Å². The number of hydrogen-bond acceptors (Lipinski definition) is 8. The Morgan fingerprint density at radius 2 is 1.41 bits per heavy atom. The van der Waals surface area contributed by atoms with Crippen LogP contribution in [0.15, 0.2) is 72.8 Å². The minimum atomic E-state index is -0.812. The van der Waals surface area contributed by atoms with E-state index in [-0.39, 0.29) is 17.5 Å². The van der Waals surface area contributed by atoms with Crippen LogP contribution in [-0.4, -0.2) is 51.8 Å². The van der Waals surface area contributed by atoms with Crippen molar-refractivity contribution < 1.29 is 23.9 Å². The molecule has 10 heteroatoms. The minimum absolute atomic E-state index is 0.00865. The van der Waals surface area contributed by atoms with E-state index in [1.54, 1.807) is 48.5 Å². The molecule has 230 valence electrons. The average Bonchev–Trinajstić information content (AvgIpc) is 3.27. The molecule has 0 bridgehead atoms. The summed E-state index contributed by atoms with van der Waals surface area (Å²) in [6.45, 7) is 12.3. The van der Waals surface area contributed by atoms with E-state index in [4.69, 9.17) is 14.5 Å². The monoisotopic (exact) mass is 614 g/mol. The van der Waals surface area contributed by atoms with Crippen molar-refractivity contribution in [3.63, 3.8) is 0 Å². The molecular weight excluding hydrogens is 576 g/mol. The molecule has 0 spiro atoms. The molecule has 4 aromatic rings. The summed E-state index contributed by atoms with van der Waals surface area (Å²) in [5, 5.41) is 3.56. The maximum absolute atomic E-state index is 14.0. The zero-order chi connectivity index (χ0) is 31.8. The Kier molecular flexibility index (Phi) is 8.40. The summed E-state index contributed by atoms with van der Waals surface area (Å²) in [5.74, 6) is 0.0189. The lowest BCUT2D eigenvalue weighted by Crippen LogP contribution is -2.49. The fourth-order valence-corrected chi connectivity index (χ4v) is 6.13. The molecule has 0 radical (unpaired) electrons. The number of hydrogen-bond donors (Lipinski definition) is 1. The van der Waals surface area contributed by atoms with Gasteiger partial charge in [-0.15, -0.1) is 11.3 Å². The summed E-state index contributed by atoms with van der Waals surface area (Å²) in [6.07, 6.45) is -1.40.